The molecule has 19 heavy (non-hydrogen) atoms. The number of nitrogens with zero attached hydrogens (tertiary/aromatic N) is 1. The van der Waals surface area contributed by atoms with Gasteiger partial charge >= 0.3 is 5.97 Å². The maximum absolute atomic E-state index is 11.7. The van der Waals surface area contributed by atoms with Crippen LogP contribution in [0.2, 0.25) is 0 Å². The summed E-state index contributed by atoms with van der Waals surface area (Å²) in [6.45, 7) is 7.38. The van der Waals surface area contributed by atoms with Crippen molar-refractivity contribution in [1.82, 2.24) is 10.2 Å². The molecule has 0 radical (unpaired) electrons. The summed E-state index contributed by atoms with van der Waals surface area (Å²) in [6.07, 6.45) is 0.858. The third-order valence-corrected chi connectivity index (χ3v) is 3.17. The first-order valence-corrected chi connectivity index (χ1v) is 6.82. The van der Waals surface area contributed by atoms with Crippen LogP contribution < -0.4 is 5.32 Å². The van der Waals surface area contributed by atoms with Gasteiger partial charge in [-0.1, -0.05) is 13.8 Å². The van der Waals surface area contributed by atoms with Crippen LogP contribution in [0.25, 0.3) is 0 Å². The van der Waals surface area contributed by atoms with E-state index in [1.165, 1.54) is 0 Å². The first-order chi connectivity index (χ1) is 9.00. The average Bonchev–Trinajstić information content (AvgIpc) is 2.32. The van der Waals surface area contributed by atoms with Crippen LogP contribution in [-0.2, 0) is 14.3 Å². The second kappa shape index (κ2) is 8.12. The van der Waals surface area contributed by atoms with Gasteiger partial charge in [0.2, 0.25) is 5.91 Å². The molecule has 0 aromatic heterocycles. The summed E-state index contributed by atoms with van der Waals surface area (Å²) in [6, 6.07) is -0.569. The molecule has 1 aliphatic rings. The van der Waals surface area contributed by atoms with Crippen molar-refractivity contribution in [3.8, 4) is 0 Å². The van der Waals surface area contributed by atoms with E-state index in [2.05, 4.69) is 19.2 Å². The molecular formula is C13H24N2O4. The molecule has 1 heterocycles. The van der Waals surface area contributed by atoms with E-state index < -0.39 is 12.0 Å². The number of carboxylic acids is 1. The highest BCUT2D eigenvalue weighted by Gasteiger charge is 2.31. The molecule has 1 saturated heterocycles. The van der Waals surface area contributed by atoms with Crippen LogP contribution >= 0.6 is 0 Å². The molecule has 0 aliphatic carbocycles. The topological polar surface area (TPSA) is 78.9 Å². The Labute approximate surface area is 114 Å². The first-order valence-electron chi connectivity index (χ1n) is 6.82. The molecule has 1 fully saturated rings. The molecule has 1 amide bonds. The Morgan fingerprint density at radius 3 is 2.89 bits per heavy atom. The number of nitrogens with one attached hydrogen (secondary N) is 1. The van der Waals surface area contributed by atoms with Crippen LogP contribution in [0, 0.1) is 5.92 Å². The van der Waals surface area contributed by atoms with Crippen molar-refractivity contribution in [1.29, 1.82) is 0 Å². The number of carbonyl (C=O) groups excluding carboxylic acids is 1. The smallest absolute Gasteiger partial charge is 0.305 e. The zero-order chi connectivity index (χ0) is 14.3. The molecule has 1 aliphatic heterocycles. The number of piperazine rings is 1. The Hall–Kier alpha value is -1.14. The number of hydrogen-bond acceptors (Lipinski definition) is 4. The van der Waals surface area contributed by atoms with Gasteiger partial charge in [0, 0.05) is 26.2 Å². The SMILES string of the molecule is CC(C)CCOCCN1CCNC(=O)C1CC(=O)O. The van der Waals surface area contributed by atoms with E-state index >= 15 is 0 Å². The molecular weight excluding hydrogens is 248 g/mol. The fraction of sp³-hybridized carbons (Fsp3) is 0.846. The zero-order valence-electron chi connectivity index (χ0n) is 11.7. The predicted molar refractivity (Wildman–Crippen MR) is 70.9 cm³/mol. The zero-order valence-corrected chi connectivity index (χ0v) is 11.7. The van der Waals surface area contributed by atoms with Gasteiger partial charge in [0.25, 0.3) is 0 Å². The van der Waals surface area contributed by atoms with Gasteiger partial charge in [0.05, 0.1) is 19.1 Å². The van der Waals surface area contributed by atoms with E-state index in [0.29, 0.717) is 38.8 Å². The molecule has 6 nitrogen and oxygen atoms in total. The molecule has 1 rings (SSSR count). The number of carboxylic acid groups (broad SMARTS) is 1. The number of amides is 1. The minimum Gasteiger partial charge on any atom is -0.481 e. The number of carbonyl (C=O) groups is 2. The largest absolute Gasteiger partial charge is 0.481 e. The molecule has 110 valence electrons. The Kier molecular flexibility index (Phi) is 6.80. The Morgan fingerprint density at radius 2 is 2.26 bits per heavy atom. The highest BCUT2D eigenvalue weighted by molar-refractivity contribution is 5.86. The van der Waals surface area contributed by atoms with Gasteiger partial charge in [0.15, 0.2) is 0 Å². The van der Waals surface area contributed by atoms with Crippen molar-refractivity contribution in [3.05, 3.63) is 0 Å². The summed E-state index contributed by atoms with van der Waals surface area (Å²) in [5, 5.41) is 11.5. The summed E-state index contributed by atoms with van der Waals surface area (Å²) < 4.78 is 5.51. The van der Waals surface area contributed by atoms with Gasteiger partial charge in [-0.2, -0.15) is 0 Å². The van der Waals surface area contributed by atoms with Crippen LogP contribution in [0.15, 0.2) is 0 Å². The lowest BCUT2D eigenvalue weighted by atomic mass is 10.1. The van der Waals surface area contributed by atoms with E-state index in [1.54, 1.807) is 0 Å². The highest BCUT2D eigenvalue weighted by Crippen LogP contribution is 2.08. The molecule has 1 unspecified atom stereocenters. The second-order valence-electron chi connectivity index (χ2n) is 5.24. The van der Waals surface area contributed by atoms with E-state index in [0.717, 1.165) is 6.42 Å². The Morgan fingerprint density at radius 1 is 1.53 bits per heavy atom. The fourth-order valence-corrected chi connectivity index (χ4v) is 2.02. The van der Waals surface area contributed by atoms with Crippen molar-refractivity contribution in [2.24, 2.45) is 5.92 Å². The molecule has 0 aromatic rings. The summed E-state index contributed by atoms with van der Waals surface area (Å²) in [7, 11) is 0. The molecule has 0 aromatic carbocycles. The van der Waals surface area contributed by atoms with Crippen molar-refractivity contribution in [3.63, 3.8) is 0 Å². The van der Waals surface area contributed by atoms with Crippen LogP contribution in [0.4, 0.5) is 0 Å². The predicted octanol–water partition coefficient (Wildman–Crippen LogP) is 0.324. The second-order valence-corrected chi connectivity index (χ2v) is 5.24. The normalized spacial score (nSPS) is 20.6. The number of hydrogen-bond donors (Lipinski definition) is 2. The third-order valence-electron chi connectivity index (χ3n) is 3.17. The summed E-state index contributed by atoms with van der Waals surface area (Å²) >= 11 is 0. The average molecular weight is 272 g/mol. The van der Waals surface area contributed by atoms with Gasteiger partial charge < -0.3 is 15.2 Å². The van der Waals surface area contributed by atoms with Gasteiger partial charge in [-0.3, -0.25) is 14.5 Å². The molecule has 6 heteroatoms. The summed E-state index contributed by atoms with van der Waals surface area (Å²) in [5.74, 6) is -0.538. The van der Waals surface area contributed by atoms with Crippen molar-refractivity contribution < 1.29 is 19.4 Å². The van der Waals surface area contributed by atoms with Crippen LogP contribution in [0.5, 0.6) is 0 Å². The molecule has 0 bridgehead atoms. The van der Waals surface area contributed by atoms with Crippen LogP contribution in [-0.4, -0.2) is 60.8 Å². The Bertz CT molecular complexity index is 307. The highest BCUT2D eigenvalue weighted by atomic mass is 16.5. The standard InChI is InChI=1S/C13H24N2O4/c1-10(2)3-7-19-8-6-15-5-4-14-13(18)11(15)9-12(16)17/h10-11H,3-9H2,1-2H3,(H,14,18)(H,16,17). The summed E-state index contributed by atoms with van der Waals surface area (Å²) in [5.41, 5.74) is 0. The quantitative estimate of drug-likeness (QED) is 0.622. The van der Waals surface area contributed by atoms with Gasteiger partial charge in [-0.25, -0.2) is 0 Å². The number of ether oxygens (including phenoxy) is 1. The van der Waals surface area contributed by atoms with Gasteiger partial charge in [-0.15, -0.1) is 0 Å². The minimum absolute atomic E-state index is 0.155. The molecule has 2 N–H and O–H groups in total. The van der Waals surface area contributed by atoms with E-state index in [9.17, 15) is 9.59 Å². The van der Waals surface area contributed by atoms with Crippen molar-refractivity contribution in [2.75, 3.05) is 32.8 Å². The van der Waals surface area contributed by atoms with E-state index in [4.69, 9.17) is 9.84 Å². The lowest BCUT2D eigenvalue weighted by Gasteiger charge is -2.34. The van der Waals surface area contributed by atoms with E-state index in [-0.39, 0.29) is 12.3 Å². The maximum atomic E-state index is 11.7. The fourth-order valence-electron chi connectivity index (χ4n) is 2.02. The van der Waals surface area contributed by atoms with Crippen molar-refractivity contribution >= 4 is 11.9 Å². The maximum Gasteiger partial charge on any atom is 0.305 e. The van der Waals surface area contributed by atoms with Crippen LogP contribution in [0.1, 0.15) is 26.7 Å². The lowest BCUT2D eigenvalue weighted by Crippen LogP contribution is -2.56. The lowest BCUT2D eigenvalue weighted by molar-refractivity contribution is -0.143. The first kappa shape index (κ1) is 15.9. The number of aliphatic carboxylic acids is 1. The van der Waals surface area contributed by atoms with Gasteiger partial charge in [0.1, 0.15) is 0 Å². The summed E-state index contributed by atoms with van der Waals surface area (Å²) in [4.78, 5) is 24.3. The number of rotatable bonds is 8. The molecule has 0 saturated carbocycles. The Balaban J connectivity index is 2.32. The molecule has 0 spiro atoms. The molecule has 1 atom stereocenters. The van der Waals surface area contributed by atoms with Crippen LogP contribution in [0.3, 0.4) is 0 Å². The minimum atomic E-state index is -0.951. The van der Waals surface area contributed by atoms with E-state index in [1.807, 2.05) is 4.90 Å². The monoisotopic (exact) mass is 272 g/mol. The van der Waals surface area contributed by atoms with Gasteiger partial charge in [-0.05, 0) is 12.3 Å². The van der Waals surface area contributed by atoms with Crippen molar-refractivity contribution in [2.45, 2.75) is 32.7 Å². The third kappa shape index (κ3) is 6.02.